The molecule has 0 aromatic heterocycles. The highest BCUT2D eigenvalue weighted by Gasteiger charge is 2.20. The van der Waals surface area contributed by atoms with Crippen molar-refractivity contribution in [2.75, 3.05) is 26.7 Å². The number of hydrogen-bond donors (Lipinski definition) is 2. The summed E-state index contributed by atoms with van der Waals surface area (Å²) < 4.78 is 0. The molecule has 2 rings (SSSR count). The lowest BCUT2D eigenvalue weighted by Crippen LogP contribution is -2.47. The smallest absolute Gasteiger partial charge is 0.237 e. The molecule has 116 valence electrons. The number of rotatable bonds is 6. The van der Waals surface area contributed by atoms with E-state index in [1.807, 2.05) is 0 Å². The Labute approximate surface area is 123 Å². The summed E-state index contributed by atoms with van der Waals surface area (Å²) in [5.74, 6) is 0.199. The fraction of sp³-hybridized carbons (Fsp3) is 0.938. The fourth-order valence-corrected chi connectivity index (χ4v) is 3.44. The molecule has 1 atom stereocenters. The van der Waals surface area contributed by atoms with Crippen molar-refractivity contribution in [1.29, 1.82) is 0 Å². The van der Waals surface area contributed by atoms with E-state index in [0.717, 1.165) is 38.5 Å². The van der Waals surface area contributed by atoms with Crippen molar-refractivity contribution in [2.45, 2.75) is 69.9 Å². The fourth-order valence-electron chi connectivity index (χ4n) is 3.44. The lowest BCUT2D eigenvalue weighted by Gasteiger charge is -2.31. The Kier molecular flexibility index (Phi) is 6.80. The van der Waals surface area contributed by atoms with Gasteiger partial charge in [0.1, 0.15) is 0 Å². The highest BCUT2D eigenvalue weighted by molar-refractivity contribution is 5.81. The average molecular weight is 281 g/mol. The SMILES string of the molecule is CN(CCCNC(=O)[C@H]1CCCCN1)C1CCCCC1. The van der Waals surface area contributed by atoms with Crippen LogP contribution >= 0.6 is 0 Å². The molecule has 0 spiro atoms. The first kappa shape index (κ1) is 15.8. The Morgan fingerprint density at radius 3 is 2.60 bits per heavy atom. The van der Waals surface area contributed by atoms with Crippen molar-refractivity contribution in [3.05, 3.63) is 0 Å². The molecule has 0 aromatic rings. The van der Waals surface area contributed by atoms with Crippen LogP contribution in [-0.2, 0) is 4.79 Å². The van der Waals surface area contributed by atoms with Crippen LogP contribution in [0.2, 0.25) is 0 Å². The Hall–Kier alpha value is -0.610. The Bertz CT molecular complexity index is 283. The van der Waals surface area contributed by atoms with Crippen molar-refractivity contribution < 1.29 is 4.79 Å². The molecule has 4 nitrogen and oxygen atoms in total. The number of piperidine rings is 1. The van der Waals surface area contributed by atoms with Gasteiger partial charge in [-0.3, -0.25) is 4.79 Å². The Morgan fingerprint density at radius 2 is 1.90 bits per heavy atom. The molecule has 0 unspecified atom stereocenters. The summed E-state index contributed by atoms with van der Waals surface area (Å²) in [6, 6.07) is 0.833. The van der Waals surface area contributed by atoms with E-state index in [4.69, 9.17) is 0 Å². The second-order valence-electron chi connectivity index (χ2n) is 6.42. The van der Waals surface area contributed by atoms with Crippen molar-refractivity contribution in [2.24, 2.45) is 0 Å². The highest BCUT2D eigenvalue weighted by atomic mass is 16.2. The second kappa shape index (κ2) is 8.63. The third kappa shape index (κ3) is 5.06. The lowest BCUT2D eigenvalue weighted by molar-refractivity contribution is -0.123. The van der Waals surface area contributed by atoms with Crippen LogP contribution in [0.1, 0.15) is 57.8 Å². The molecule has 1 amide bonds. The maximum Gasteiger partial charge on any atom is 0.237 e. The van der Waals surface area contributed by atoms with Gasteiger partial charge in [0.2, 0.25) is 5.91 Å². The van der Waals surface area contributed by atoms with Gasteiger partial charge in [0.15, 0.2) is 0 Å². The summed E-state index contributed by atoms with van der Waals surface area (Å²) in [5.41, 5.74) is 0. The van der Waals surface area contributed by atoms with Crippen LogP contribution in [0, 0.1) is 0 Å². The number of nitrogens with zero attached hydrogens (tertiary/aromatic N) is 1. The molecule has 20 heavy (non-hydrogen) atoms. The zero-order valence-corrected chi connectivity index (χ0v) is 13.0. The van der Waals surface area contributed by atoms with E-state index < -0.39 is 0 Å². The molecule has 2 fully saturated rings. The molecule has 2 N–H and O–H groups in total. The van der Waals surface area contributed by atoms with E-state index in [1.54, 1.807) is 0 Å². The van der Waals surface area contributed by atoms with Gasteiger partial charge in [-0.1, -0.05) is 25.7 Å². The molecule has 0 aromatic carbocycles. The van der Waals surface area contributed by atoms with E-state index in [2.05, 4.69) is 22.6 Å². The van der Waals surface area contributed by atoms with Gasteiger partial charge in [-0.05, 0) is 52.2 Å². The molecule has 1 aliphatic carbocycles. The molecule has 1 aliphatic heterocycles. The van der Waals surface area contributed by atoms with Gasteiger partial charge >= 0.3 is 0 Å². The van der Waals surface area contributed by atoms with Crippen molar-refractivity contribution >= 4 is 5.91 Å². The van der Waals surface area contributed by atoms with Crippen molar-refractivity contribution in [3.63, 3.8) is 0 Å². The van der Waals surface area contributed by atoms with Crippen molar-refractivity contribution in [1.82, 2.24) is 15.5 Å². The maximum absolute atomic E-state index is 12.0. The minimum Gasteiger partial charge on any atom is -0.355 e. The van der Waals surface area contributed by atoms with Crippen molar-refractivity contribution in [3.8, 4) is 0 Å². The third-order valence-electron chi connectivity index (χ3n) is 4.81. The zero-order chi connectivity index (χ0) is 14.2. The van der Waals surface area contributed by atoms with Crippen LogP contribution in [0.25, 0.3) is 0 Å². The third-order valence-corrected chi connectivity index (χ3v) is 4.81. The molecular formula is C16H31N3O. The van der Waals surface area contributed by atoms with Crippen LogP contribution in [-0.4, -0.2) is 49.6 Å². The average Bonchev–Trinajstić information content (AvgIpc) is 2.53. The van der Waals surface area contributed by atoms with Gasteiger partial charge in [0.05, 0.1) is 6.04 Å². The number of nitrogens with one attached hydrogen (secondary N) is 2. The van der Waals surface area contributed by atoms with Crippen LogP contribution in [0.15, 0.2) is 0 Å². The second-order valence-corrected chi connectivity index (χ2v) is 6.42. The summed E-state index contributed by atoms with van der Waals surface area (Å²) in [5, 5.41) is 6.38. The van der Waals surface area contributed by atoms with Crippen LogP contribution in [0.3, 0.4) is 0 Å². The van der Waals surface area contributed by atoms with E-state index in [1.165, 1.54) is 44.9 Å². The predicted molar refractivity (Wildman–Crippen MR) is 82.8 cm³/mol. The van der Waals surface area contributed by atoms with E-state index in [0.29, 0.717) is 0 Å². The number of amides is 1. The molecule has 1 heterocycles. The standard InChI is InChI=1S/C16H31N3O/c1-19(14-8-3-2-4-9-14)13-7-12-18-16(20)15-10-5-6-11-17-15/h14-15,17H,2-13H2,1H3,(H,18,20)/t15-/m1/s1. The van der Waals surface area contributed by atoms with E-state index in [-0.39, 0.29) is 11.9 Å². The van der Waals surface area contributed by atoms with E-state index >= 15 is 0 Å². The maximum atomic E-state index is 12.0. The Morgan fingerprint density at radius 1 is 1.15 bits per heavy atom. The number of hydrogen-bond acceptors (Lipinski definition) is 3. The van der Waals surface area contributed by atoms with Crippen LogP contribution < -0.4 is 10.6 Å². The molecule has 0 radical (unpaired) electrons. The minimum atomic E-state index is 0.0554. The van der Waals surface area contributed by atoms with Gasteiger partial charge in [-0.2, -0.15) is 0 Å². The topological polar surface area (TPSA) is 44.4 Å². The normalized spacial score (nSPS) is 24.8. The first-order valence-corrected chi connectivity index (χ1v) is 8.48. The summed E-state index contributed by atoms with van der Waals surface area (Å²) in [6.45, 7) is 2.90. The monoisotopic (exact) mass is 281 g/mol. The van der Waals surface area contributed by atoms with Gasteiger partial charge in [0.25, 0.3) is 0 Å². The zero-order valence-electron chi connectivity index (χ0n) is 13.0. The first-order chi connectivity index (χ1) is 9.77. The van der Waals surface area contributed by atoms with Gasteiger partial charge < -0.3 is 15.5 Å². The summed E-state index contributed by atoms with van der Waals surface area (Å²) in [7, 11) is 2.24. The summed E-state index contributed by atoms with van der Waals surface area (Å²) in [6.07, 6.45) is 11.3. The largest absolute Gasteiger partial charge is 0.355 e. The number of carbonyl (C=O) groups is 1. The molecule has 1 saturated carbocycles. The van der Waals surface area contributed by atoms with Gasteiger partial charge in [-0.15, -0.1) is 0 Å². The van der Waals surface area contributed by atoms with Gasteiger partial charge in [-0.25, -0.2) is 0 Å². The Balaban J connectivity index is 1.55. The summed E-state index contributed by atoms with van der Waals surface area (Å²) in [4.78, 5) is 14.4. The molecule has 4 heteroatoms. The van der Waals surface area contributed by atoms with Crippen LogP contribution in [0.5, 0.6) is 0 Å². The van der Waals surface area contributed by atoms with E-state index in [9.17, 15) is 4.79 Å². The quantitative estimate of drug-likeness (QED) is 0.731. The summed E-state index contributed by atoms with van der Waals surface area (Å²) >= 11 is 0. The minimum absolute atomic E-state index is 0.0554. The highest BCUT2D eigenvalue weighted by Crippen LogP contribution is 2.21. The van der Waals surface area contributed by atoms with Crippen LogP contribution in [0.4, 0.5) is 0 Å². The first-order valence-electron chi connectivity index (χ1n) is 8.48. The predicted octanol–water partition coefficient (Wildman–Crippen LogP) is 1.90. The number of carbonyl (C=O) groups excluding carboxylic acids is 1. The molecule has 2 aliphatic rings. The molecule has 1 saturated heterocycles. The lowest BCUT2D eigenvalue weighted by atomic mass is 9.94. The molecular weight excluding hydrogens is 250 g/mol. The van der Waals surface area contributed by atoms with Gasteiger partial charge in [0, 0.05) is 12.6 Å². The molecule has 0 bridgehead atoms.